The molecule has 0 aliphatic heterocycles. The molecule has 0 aromatic rings. The Morgan fingerprint density at radius 3 is 2.04 bits per heavy atom. The summed E-state index contributed by atoms with van der Waals surface area (Å²) in [6, 6.07) is 0. The van der Waals surface area contributed by atoms with Gasteiger partial charge in [-0.15, -0.1) is 0 Å². The first kappa shape index (κ1) is 21.9. The van der Waals surface area contributed by atoms with Crippen LogP contribution >= 0.6 is 0 Å². The van der Waals surface area contributed by atoms with Crippen LogP contribution in [-0.4, -0.2) is 34.4 Å². The van der Waals surface area contributed by atoms with Gasteiger partial charge in [0, 0.05) is 0 Å². The lowest BCUT2D eigenvalue weighted by atomic mass is 10.1. The number of ether oxygens (including phenoxy) is 1. The number of hydrogen-bond donors (Lipinski definition) is 2. The minimum Gasteiger partial charge on any atom is -0.481 e. The number of aliphatic carboxylic acids is 1. The van der Waals surface area contributed by atoms with E-state index in [0.717, 1.165) is 38.5 Å². The van der Waals surface area contributed by atoms with Gasteiger partial charge in [-0.3, -0.25) is 9.59 Å². The Morgan fingerprint density at radius 2 is 1.43 bits per heavy atom. The average Bonchev–Trinajstić information content (AvgIpc) is 2.46. The summed E-state index contributed by atoms with van der Waals surface area (Å²) < 4.78 is 5.24. The molecule has 0 saturated heterocycles. The molecule has 0 aromatic carbocycles. The molecule has 0 aliphatic rings. The van der Waals surface area contributed by atoms with Gasteiger partial charge in [0.1, 0.15) is 6.10 Å². The fourth-order valence-electron chi connectivity index (χ4n) is 2.53. The predicted molar refractivity (Wildman–Crippen MR) is 90.3 cm³/mol. The molecule has 0 spiro atoms. The number of unbranched alkanes of at least 4 members (excludes halogenated alkanes) is 6. The summed E-state index contributed by atoms with van der Waals surface area (Å²) in [6.45, 7) is 4.22. The van der Waals surface area contributed by atoms with Crippen LogP contribution in [0.3, 0.4) is 0 Å². The van der Waals surface area contributed by atoms with Crippen LogP contribution < -0.4 is 0 Å². The van der Waals surface area contributed by atoms with Crippen molar-refractivity contribution in [2.45, 2.75) is 103 Å². The normalized spacial score (nSPS) is 13.5. The van der Waals surface area contributed by atoms with E-state index in [1.807, 2.05) is 0 Å². The lowest BCUT2D eigenvalue weighted by molar-refractivity contribution is -0.155. The van der Waals surface area contributed by atoms with Crippen LogP contribution in [0.1, 0.15) is 90.9 Å². The molecule has 0 aromatic heterocycles. The van der Waals surface area contributed by atoms with Gasteiger partial charge < -0.3 is 14.9 Å². The van der Waals surface area contributed by atoms with E-state index in [9.17, 15) is 14.7 Å². The summed E-state index contributed by atoms with van der Waals surface area (Å²) >= 11 is 0. The lowest BCUT2D eigenvalue weighted by Crippen LogP contribution is -2.24. The highest BCUT2D eigenvalue weighted by molar-refractivity contribution is 5.71. The van der Waals surface area contributed by atoms with Gasteiger partial charge in [-0.05, 0) is 19.3 Å². The van der Waals surface area contributed by atoms with Crippen LogP contribution in [0.4, 0.5) is 0 Å². The molecule has 0 radical (unpaired) electrons. The quantitative estimate of drug-likeness (QED) is 0.349. The molecule has 2 atom stereocenters. The van der Waals surface area contributed by atoms with E-state index in [-0.39, 0.29) is 12.8 Å². The Bertz CT molecular complexity index is 317. The lowest BCUT2D eigenvalue weighted by Gasteiger charge is -2.17. The van der Waals surface area contributed by atoms with Crippen LogP contribution in [0.15, 0.2) is 0 Å². The number of aliphatic hydroxyl groups is 1. The van der Waals surface area contributed by atoms with Crippen molar-refractivity contribution in [3.05, 3.63) is 0 Å². The minimum absolute atomic E-state index is 0.0440. The Morgan fingerprint density at radius 1 is 0.870 bits per heavy atom. The largest absolute Gasteiger partial charge is 0.481 e. The zero-order valence-corrected chi connectivity index (χ0v) is 14.8. The maximum atomic E-state index is 11.8. The van der Waals surface area contributed by atoms with Gasteiger partial charge in [-0.1, -0.05) is 58.8 Å². The molecule has 136 valence electrons. The third-order valence-corrected chi connectivity index (χ3v) is 3.87. The number of carboxylic acids is 1. The number of carbonyl (C=O) groups excluding carboxylic acids is 1. The number of esters is 1. The van der Waals surface area contributed by atoms with Gasteiger partial charge in [-0.2, -0.15) is 0 Å². The Balaban J connectivity index is 4.01. The summed E-state index contributed by atoms with van der Waals surface area (Å²) in [5.74, 6) is -1.45. The zero-order chi connectivity index (χ0) is 17.5. The van der Waals surface area contributed by atoms with Crippen molar-refractivity contribution in [1.82, 2.24) is 0 Å². The van der Waals surface area contributed by atoms with Crippen molar-refractivity contribution in [2.75, 3.05) is 0 Å². The van der Waals surface area contributed by atoms with Crippen molar-refractivity contribution < 1.29 is 24.5 Å². The van der Waals surface area contributed by atoms with Crippen molar-refractivity contribution in [3.8, 4) is 0 Å². The summed E-state index contributed by atoms with van der Waals surface area (Å²) in [6.07, 6.45) is 8.07. The molecule has 0 amide bonds. The number of carboxylic acid groups (broad SMARTS) is 1. The van der Waals surface area contributed by atoms with Crippen molar-refractivity contribution in [2.24, 2.45) is 0 Å². The van der Waals surface area contributed by atoms with Gasteiger partial charge in [0.2, 0.25) is 0 Å². The second-order valence-corrected chi connectivity index (χ2v) is 6.27. The number of rotatable bonds is 15. The van der Waals surface area contributed by atoms with Gasteiger partial charge in [-0.25, -0.2) is 0 Å². The van der Waals surface area contributed by atoms with E-state index in [1.165, 1.54) is 12.8 Å². The smallest absolute Gasteiger partial charge is 0.308 e. The van der Waals surface area contributed by atoms with Crippen molar-refractivity contribution >= 4 is 11.9 Å². The topological polar surface area (TPSA) is 83.8 Å². The molecule has 0 saturated carbocycles. The van der Waals surface area contributed by atoms with Crippen molar-refractivity contribution in [3.63, 3.8) is 0 Å². The molecule has 0 bridgehead atoms. The first-order valence-electron chi connectivity index (χ1n) is 9.08. The van der Waals surface area contributed by atoms with E-state index < -0.39 is 24.1 Å². The van der Waals surface area contributed by atoms with Gasteiger partial charge in [0.25, 0.3) is 0 Å². The maximum absolute atomic E-state index is 11.8. The molecule has 0 aliphatic carbocycles. The molecule has 2 unspecified atom stereocenters. The molecular formula is C18H34O5. The van der Waals surface area contributed by atoms with E-state index in [2.05, 4.69) is 13.8 Å². The highest BCUT2D eigenvalue weighted by Crippen LogP contribution is 2.14. The van der Waals surface area contributed by atoms with Crippen LogP contribution in [0.25, 0.3) is 0 Å². The first-order valence-corrected chi connectivity index (χ1v) is 9.08. The van der Waals surface area contributed by atoms with E-state index >= 15 is 0 Å². The maximum Gasteiger partial charge on any atom is 0.308 e. The molecular weight excluding hydrogens is 296 g/mol. The predicted octanol–water partition coefficient (Wildman–Crippen LogP) is 4.06. The van der Waals surface area contributed by atoms with E-state index in [4.69, 9.17) is 9.84 Å². The Hall–Kier alpha value is -1.10. The Labute approximate surface area is 140 Å². The van der Waals surface area contributed by atoms with Gasteiger partial charge >= 0.3 is 11.9 Å². The molecule has 23 heavy (non-hydrogen) atoms. The van der Waals surface area contributed by atoms with Crippen LogP contribution in [0.5, 0.6) is 0 Å². The summed E-state index contributed by atoms with van der Waals surface area (Å²) in [4.78, 5) is 22.7. The van der Waals surface area contributed by atoms with Crippen molar-refractivity contribution in [1.29, 1.82) is 0 Å². The first-order chi connectivity index (χ1) is 11.0. The standard InChI is InChI=1S/C18H34O5/c1-3-5-7-8-10-11-15(19)13-18(22)23-16(14-17(20)21)12-9-6-4-2/h15-16,19H,3-14H2,1-2H3,(H,20,21). The van der Waals surface area contributed by atoms with Crippen LogP contribution in [0.2, 0.25) is 0 Å². The minimum atomic E-state index is -0.962. The van der Waals surface area contributed by atoms with Gasteiger partial charge in [0.15, 0.2) is 0 Å². The van der Waals surface area contributed by atoms with E-state index in [0.29, 0.717) is 12.8 Å². The Kier molecular flexibility index (Phi) is 13.8. The van der Waals surface area contributed by atoms with Crippen LogP contribution in [-0.2, 0) is 14.3 Å². The SMILES string of the molecule is CCCCCCCC(O)CC(=O)OC(CCCCC)CC(=O)O. The number of aliphatic hydroxyl groups excluding tert-OH is 1. The van der Waals surface area contributed by atoms with Gasteiger partial charge in [0.05, 0.1) is 18.9 Å². The summed E-state index contributed by atoms with van der Waals surface area (Å²) in [7, 11) is 0. The highest BCUT2D eigenvalue weighted by Gasteiger charge is 2.19. The fourth-order valence-corrected chi connectivity index (χ4v) is 2.53. The summed E-state index contributed by atoms with van der Waals surface area (Å²) in [5, 5.41) is 18.7. The molecule has 5 nitrogen and oxygen atoms in total. The molecule has 5 heteroatoms. The summed E-state index contributed by atoms with van der Waals surface area (Å²) in [5.41, 5.74) is 0. The molecule has 2 N–H and O–H groups in total. The highest BCUT2D eigenvalue weighted by atomic mass is 16.5. The molecule has 0 fully saturated rings. The monoisotopic (exact) mass is 330 g/mol. The molecule has 0 rings (SSSR count). The molecule has 0 heterocycles. The number of hydrogen-bond acceptors (Lipinski definition) is 4. The fraction of sp³-hybridized carbons (Fsp3) is 0.889. The third-order valence-electron chi connectivity index (χ3n) is 3.87. The zero-order valence-electron chi connectivity index (χ0n) is 14.8. The number of carbonyl (C=O) groups is 2. The second-order valence-electron chi connectivity index (χ2n) is 6.27. The van der Waals surface area contributed by atoms with Crippen LogP contribution in [0, 0.1) is 0 Å². The second kappa shape index (κ2) is 14.5. The van der Waals surface area contributed by atoms with E-state index in [1.54, 1.807) is 0 Å². The third kappa shape index (κ3) is 14.2. The average molecular weight is 330 g/mol.